The van der Waals surface area contributed by atoms with Crippen molar-refractivity contribution >= 4 is 16.7 Å². The number of hydrogen-bond donors (Lipinski definition) is 1. The van der Waals surface area contributed by atoms with Gasteiger partial charge in [-0.25, -0.2) is 4.99 Å². The summed E-state index contributed by atoms with van der Waals surface area (Å²) in [7, 11) is 3.85. The highest BCUT2D eigenvalue weighted by Gasteiger charge is 2.39. The molecule has 2 aromatic rings. The molecule has 0 saturated heterocycles. The summed E-state index contributed by atoms with van der Waals surface area (Å²) < 4.78 is 0. The molecule has 0 unspecified atom stereocenters. The zero-order chi connectivity index (χ0) is 13.4. The molecule has 3 nitrogen and oxygen atoms in total. The molecule has 1 aliphatic carbocycles. The van der Waals surface area contributed by atoms with Gasteiger partial charge in [0.25, 0.3) is 0 Å². The van der Waals surface area contributed by atoms with E-state index in [4.69, 9.17) is 5.73 Å². The molecule has 3 rings (SSSR count). The maximum absolute atomic E-state index is 5.89. The molecule has 0 bridgehead atoms. The molecule has 1 saturated carbocycles. The van der Waals surface area contributed by atoms with Crippen LogP contribution in [0.5, 0.6) is 0 Å². The van der Waals surface area contributed by atoms with Crippen molar-refractivity contribution in [1.82, 2.24) is 4.90 Å². The lowest BCUT2D eigenvalue weighted by molar-refractivity contribution is 0.608. The van der Waals surface area contributed by atoms with Crippen LogP contribution in [0.1, 0.15) is 17.9 Å². The number of nitrogens with zero attached hydrogens (tertiary/aromatic N) is 2. The Hall–Kier alpha value is -2.03. The van der Waals surface area contributed by atoms with Gasteiger partial charge in [0.2, 0.25) is 0 Å². The zero-order valence-corrected chi connectivity index (χ0v) is 11.4. The lowest BCUT2D eigenvalue weighted by atomic mass is 10.0. The minimum absolute atomic E-state index is 0.341. The molecule has 0 heterocycles. The summed E-state index contributed by atoms with van der Waals surface area (Å²) in [6.07, 6.45) is 1.10. The molecule has 1 aliphatic rings. The quantitative estimate of drug-likeness (QED) is 0.660. The van der Waals surface area contributed by atoms with Gasteiger partial charge in [0.15, 0.2) is 5.96 Å². The third kappa shape index (κ3) is 2.28. The van der Waals surface area contributed by atoms with E-state index in [1.807, 2.05) is 19.0 Å². The number of hydrogen-bond acceptors (Lipinski definition) is 1. The first-order valence-electron chi connectivity index (χ1n) is 6.65. The van der Waals surface area contributed by atoms with Crippen LogP contribution < -0.4 is 5.73 Å². The molecular formula is C16H19N3. The van der Waals surface area contributed by atoms with Gasteiger partial charge < -0.3 is 10.6 Å². The minimum Gasteiger partial charge on any atom is -0.370 e. The van der Waals surface area contributed by atoms with Gasteiger partial charge in [-0.15, -0.1) is 0 Å². The second-order valence-corrected chi connectivity index (χ2v) is 5.36. The highest BCUT2D eigenvalue weighted by atomic mass is 15.2. The summed E-state index contributed by atoms with van der Waals surface area (Å²) >= 11 is 0. The minimum atomic E-state index is 0.341. The van der Waals surface area contributed by atoms with Crippen LogP contribution >= 0.6 is 0 Å². The van der Waals surface area contributed by atoms with Crippen LogP contribution in [0, 0.1) is 0 Å². The Bertz CT molecular complexity index is 625. The van der Waals surface area contributed by atoms with Crippen molar-refractivity contribution < 1.29 is 0 Å². The van der Waals surface area contributed by atoms with E-state index in [2.05, 4.69) is 47.5 Å². The van der Waals surface area contributed by atoms with Crippen molar-refractivity contribution in [1.29, 1.82) is 0 Å². The van der Waals surface area contributed by atoms with Gasteiger partial charge in [0, 0.05) is 20.0 Å². The Balaban J connectivity index is 1.90. The Morgan fingerprint density at radius 3 is 2.68 bits per heavy atom. The predicted octanol–water partition coefficient (Wildman–Crippen LogP) is 2.57. The Labute approximate surface area is 113 Å². The van der Waals surface area contributed by atoms with Crippen LogP contribution in [-0.2, 0) is 0 Å². The molecule has 3 heteroatoms. The molecule has 0 radical (unpaired) electrons. The van der Waals surface area contributed by atoms with E-state index in [0.29, 0.717) is 17.9 Å². The molecule has 2 N–H and O–H groups in total. The Morgan fingerprint density at radius 1 is 1.16 bits per heavy atom. The van der Waals surface area contributed by atoms with E-state index < -0.39 is 0 Å². The van der Waals surface area contributed by atoms with Crippen molar-refractivity contribution in [3.05, 3.63) is 48.0 Å². The summed E-state index contributed by atoms with van der Waals surface area (Å²) in [5.41, 5.74) is 7.29. The maximum atomic E-state index is 5.89. The van der Waals surface area contributed by atoms with Crippen LogP contribution in [0.25, 0.3) is 10.8 Å². The summed E-state index contributed by atoms with van der Waals surface area (Å²) in [6.45, 7) is 0. The van der Waals surface area contributed by atoms with Crippen molar-refractivity contribution in [3.63, 3.8) is 0 Å². The van der Waals surface area contributed by atoms with Gasteiger partial charge in [-0.1, -0.05) is 42.5 Å². The number of guanidine groups is 1. The lowest BCUT2D eigenvalue weighted by Crippen LogP contribution is -2.30. The molecule has 2 atom stereocenters. The number of rotatable bonds is 2. The Morgan fingerprint density at radius 2 is 1.89 bits per heavy atom. The largest absolute Gasteiger partial charge is 0.370 e. The standard InChI is InChI=1S/C16H19N3/c1-19(2)16(17)18-15-10-14(15)13-9-5-7-11-6-3-4-8-12(11)13/h3-9,14-15H,10H2,1-2H3,(H2,17,18)/t14-,15+/m0/s1. The normalized spacial score (nSPS) is 22.5. The van der Waals surface area contributed by atoms with Gasteiger partial charge in [-0.05, 0) is 22.8 Å². The van der Waals surface area contributed by atoms with Crippen molar-refractivity contribution in [2.24, 2.45) is 10.7 Å². The fraction of sp³-hybridized carbons (Fsp3) is 0.312. The SMILES string of the molecule is CN(C)C(N)=N[C@@H]1C[C@H]1c1cccc2ccccc12. The molecular weight excluding hydrogens is 234 g/mol. The summed E-state index contributed by atoms with van der Waals surface area (Å²) in [6, 6.07) is 15.4. The van der Waals surface area contributed by atoms with E-state index >= 15 is 0 Å². The van der Waals surface area contributed by atoms with Crippen molar-refractivity contribution in [2.75, 3.05) is 14.1 Å². The van der Waals surface area contributed by atoms with Gasteiger partial charge >= 0.3 is 0 Å². The summed E-state index contributed by atoms with van der Waals surface area (Å²) in [5, 5.41) is 2.64. The Kier molecular flexibility index (Phi) is 2.90. The van der Waals surface area contributed by atoms with Crippen LogP contribution in [-0.4, -0.2) is 31.0 Å². The topological polar surface area (TPSA) is 41.6 Å². The monoisotopic (exact) mass is 253 g/mol. The number of aliphatic imine (C=N–C) groups is 1. The van der Waals surface area contributed by atoms with Gasteiger partial charge in [0.05, 0.1) is 6.04 Å². The molecule has 0 spiro atoms. The van der Waals surface area contributed by atoms with Crippen LogP contribution in [0.3, 0.4) is 0 Å². The average Bonchev–Trinajstić information content (AvgIpc) is 3.17. The van der Waals surface area contributed by atoms with Crippen molar-refractivity contribution in [2.45, 2.75) is 18.4 Å². The number of nitrogens with two attached hydrogens (primary N) is 1. The molecule has 19 heavy (non-hydrogen) atoms. The van der Waals surface area contributed by atoms with Crippen LogP contribution in [0.15, 0.2) is 47.5 Å². The highest BCUT2D eigenvalue weighted by Crippen LogP contribution is 2.45. The van der Waals surface area contributed by atoms with Gasteiger partial charge in [-0.2, -0.15) is 0 Å². The number of fused-ring (bicyclic) bond motifs is 1. The third-order valence-electron chi connectivity index (χ3n) is 3.74. The second-order valence-electron chi connectivity index (χ2n) is 5.36. The summed E-state index contributed by atoms with van der Waals surface area (Å²) in [5.74, 6) is 1.14. The predicted molar refractivity (Wildman–Crippen MR) is 80.4 cm³/mol. The maximum Gasteiger partial charge on any atom is 0.191 e. The molecule has 1 fully saturated rings. The van der Waals surface area contributed by atoms with Gasteiger partial charge in [-0.3, -0.25) is 0 Å². The molecule has 2 aromatic carbocycles. The molecule has 0 aromatic heterocycles. The first kappa shape index (κ1) is 12.0. The first-order chi connectivity index (χ1) is 9.16. The fourth-order valence-corrected chi connectivity index (χ4v) is 2.52. The van der Waals surface area contributed by atoms with E-state index in [1.54, 1.807) is 0 Å². The smallest absolute Gasteiger partial charge is 0.191 e. The number of benzene rings is 2. The second kappa shape index (κ2) is 4.57. The van der Waals surface area contributed by atoms with Crippen LogP contribution in [0.2, 0.25) is 0 Å². The zero-order valence-electron chi connectivity index (χ0n) is 11.4. The van der Waals surface area contributed by atoms with Gasteiger partial charge in [0.1, 0.15) is 0 Å². The summed E-state index contributed by atoms with van der Waals surface area (Å²) in [4.78, 5) is 6.43. The average molecular weight is 253 g/mol. The molecule has 98 valence electrons. The van der Waals surface area contributed by atoms with Crippen molar-refractivity contribution in [3.8, 4) is 0 Å². The van der Waals surface area contributed by atoms with Crippen LogP contribution in [0.4, 0.5) is 0 Å². The highest BCUT2D eigenvalue weighted by molar-refractivity contribution is 5.87. The first-order valence-corrected chi connectivity index (χ1v) is 6.65. The van der Waals surface area contributed by atoms with E-state index in [-0.39, 0.29) is 0 Å². The molecule has 0 aliphatic heterocycles. The van der Waals surface area contributed by atoms with E-state index in [0.717, 1.165) is 6.42 Å². The van der Waals surface area contributed by atoms with E-state index in [9.17, 15) is 0 Å². The molecule has 0 amide bonds. The van der Waals surface area contributed by atoms with E-state index in [1.165, 1.54) is 16.3 Å². The lowest BCUT2D eigenvalue weighted by Gasteiger charge is -2.10. The fourth-order valence-electron chi connectivity index (χ4n) is 2.52. The third-order valence-corrected chi connectivity index (χ3v) is 3.74.